The van der Waals surface area contributed by atoms with E-state index < -0.39 is 0 Å². The van der Waals surface area contributed by atoms with Gasteiger partial charge in [0.15, 0.2) is 0 Å². The maximum atomic E-state index is 13.7. The van der Waals surface area contributed by atoms with Crippen LogP contribution in [0.1, 0.15) is 24.0 Å². The van der Waals surface area contributed by atoms with Crippen molar-refractivity contribution in [1.29, 1.82) is 0 Å². The summed E-state index contributed by atoms with van der Waals surface area (Å²) in [5.41, 5.74) is 2.84. The Hall–Kier alpha value is -3.07. The predicted octanol–water partition coefficient (Wildman–Crippen LogP) is 4.63. The molecule has 1 aliphatic heterocycles. The molecule has 0 aliphatic carbocycles. The first kappa shape index (κ1) is 16.4. The summed E-state index contributed by atoms with van der Waals surface area (Å²) in [5.74, 6) is 0.500. The number of carbonyl (C=O) groups excluding carboxylic acids is 1. The molecule has 0 saturated heterocycles. The van der Waals surface area contributed by atoms with Crippen molar-refractivity contribution in [3.8, 4) is 5.75 Å². The molecule has 0 spiro atoms. The third-order valence-electron chi connectivity index (χ3n) is 4.70. The lowest BCUT2D eigenvalue weighted by atomic mass is 9.89. The van der Waals surface area contributed by atoms with Gasteiger partial charge in [-0.3, -0.25) is 4.79 Å². The minimum Gasteiger partial charge on any atom is -0.487 e. The fourth-order valence-corrected chi connectivity index (χ4v) is 3.52. The van der Waals surface area contributed by atoms with Crippen LogP contribution < -0.4 is 9.64 Å². The van der Waals surface area contributed by atoms with Gasteiger partial charge in [-0.1, -0.05) is 72.8 Å². The van der Waals surface area contributed by atoms with Gasteiger partial charge in [-0.05, 0) is 30.2 Å². The number of ether oxygens (including phenoxy) is 1. The first-order valence-corrected chi connectivity index (χ1v) is 8.91. The molecule has 0 N–H and O–H groups in total. The van der Waals surface area contributed by atoms with E-state index in [1.807, 2.05) is 96.8 Å². The quantitative estimate of drug-likeness (QED) is 0.694. The number of hydrogen-bond donors (Lipinski definition) is 0. The van der Waals surface area contributed by atoms with Gasteiger partial charge in [-0.25, -0.2) is 0 Å². The number of hydrogen-bond acceptors (Lipinski definition) is 2. The molecule has 0 aromatic heterocycles. The Morgan fingerprint density at radius 1 is 0.885 bits per heavy atom. The summed E-state index contributed by atoms with van der Waals surface area (Å²) in [7, 11) is 0. The van der Waals surface area contributed by atoms with Crippen molar-refractivity contribution in [2.24, 2.45) is 0 Å². The Morgan fingerprint density at radius 2 is 1.42 bits per heavy atom. The van der Waals surface area contributed by atoms with E-state index in [4.69, 9.17) is 4.74 Å². The van der Waals surface area contributed by atoms with Gasteiger partial charge >= 0.3 is 0 Å². The van der Waals surface area contributed by atoms with Gasteiger partial charge in [0, 0.05) is 0 Å². The Bertz CT molecular complexity index is 853. The lowest BCUT2D eigenvalue weighted by molar-refractivity contribution is -0.119. The molecule has 1 amide bonds. The molecule has 1 atom stereocenters. The summed E-state index contributed by atoms with van der Waals surface area (Å²) >= 11 is 0. The molecule has 3 nitrogen and oxygen atoms in total. The van der Waals surface area contributed by atoms with Crippen molar-refractivity contribution in [2.75, 3.05) is 11.4 Å². The number of nitrogens with zero attached hydrogens (tertiary/aromatic N) is 1. The predicted molar refractivity (Wildman–Crippen MR) is 104 cm³/mol. The SMILES string of the molecule is CC1CN(C(=O)C(c2ccccc2)c2ccccc2)c2ccccc2O1. The second kappa shape index (κ2) is 7.04. The smallest absolute Gasteiger partial charge is 0.239 e. The number of rotatable bonds is 3. The van der Waals surface area contributed by atoms with Crippen molar-refractivity contribution >= 4 is 11.6 Å². The van der Waals surface area contributed by atoms with Crippen molar-refractivity contribution in [3.63, 3.8) is 0 Å². The third kappa shape index (κ3) is 3.08. The first-order chi connectivity index (χ1) is 12.7. The van der Waals surface area contributed by atoms with E-state index in [2.05, 4.69) is 0 Å². The molecule has 3 aromatic carbocycles. The summed E-state index contributed by atoms with van der Waals surface area (Å²) in [6, 6.07) is 27.7. The molecule has 0 saturated carbocycles. The minimum absolute atomic E-state index is 0.0407. The maximum absolute atomic E-state index is 13.7. The molecule has 0 fully saturated rings. The van der Waals surface area contributed by atoms with Gasteiger partial charge in [0.25, 0.3) is 0 Å². The molecule has 1 aliphatic rings. The van der Waals surface area contributed by atoms with Crippen LogP contribution in [-0.2, 0) is 4.79 Å². The largest absolute Gasteiger partial charge is 0.487 e. The van der Waals surface area contributed by atoms with Gasteiger partial charge in [0.1, 0.15) is 11.9 Å². The molecule has 26 heavy (non-hydrogen) atoms. The first-order valence-electron chi connectivity index (χ1n) is 8.91. The van der Waals surface area contributed by atoms with Crippen molar-refractivity contribution in [1.82, 2.24) is 0 Å². The summed E-state index contributed by atoms with van der Waals surface area (Å²) in [6.07, 6.45) is -0.0407. The van der Waals surface area contributed by atoms with Crippen molar-refractivity contribution in [2.45, 2.75) is 18.9 Å². The van der Waals surface area contributed by atoms with E-state index in [1.165, 1.54) is 0 Å². The summed E-state index contributed by atoms with van der Waals surface area (Å²) < 4.78 is 5.91. The van der Waals surface area contributed by atoms with Crippen LogP contribution in [0.2, 0.25) is 0 Å². The lowest BCUT2D eigenvalue weighted by Gasteiger charge is -2.35. The zero-order valence-electron chi connectivity index (χ0n) is 14.7. The number of para-hydroxylation sites is 2. The second-order valence-electron chi connectivity index (χ2n) is 6.60. The zero-order valence-corrected chi connectivity index (χ0v) is 14.7. The van der Waals surface area contributed by atoms with Gasteiger partial charge in [0.05, 0.1) is 18.2 Å². The molecule has 0 radical (unpaired) electrons. The highest BCUT2D eigenvalue weighted by molar-refractivity contribution is 6.01. The Balaban J connectivity index is 1.79. The van der Waals surface area contributed by atoms with Gasteiger partial charge in [0.2, 0.25) is 5.91 Å². The van der Waals surface area contributed by atoms with Gasteiger partial charge in [-0.15, -0.1) is 0 Å². The van der Waals surface area contributed by atoms with E-state index in [0.717, 1.165) is 22.6 Å². The van der Waals surface area contributed by atoms with Gasteiger partial charge < -0.3 is 9.64 Å². The highest BCUT2D eigenvalue weighted by atomic mass is 16.5. The van der Waals surface area contributed by atoms with Crippen LogP contribution in [0.4, 0.5) is 5.69 Å². The molecule has 130 valence electrons. The topological polar surface area (TPSA) is 29.5 Å². The molecule has 1 heterocycles. The van der Waals surface area contributed by atoms with Gasteiger partial charge in [-0.2, -0.15) is 0 Å². The molecule has 3 aromatic rings. The number of amides is 1. The molecule has 4 rings (SSSR count). The van der Waals surface area contributed by atoms with Crippen LogP contribution in [0, 0.1) is 0 Å². The number of benzene rings is 3. The normalized spacial score (nSPS) is 16.1. The Morgan fingerprint density at radius 3 is 2.04 bits per heavy atom. The standard InChI is InChI=1S/C23H21NO2/c1-17-16-24(20-14-8-9-15-21(20)26-17)23(25)22(18-10-4-2-5-11-18)19-12-6-3-7-13-19/h2-15,17,22H,16H2,1H3. The molecule has 1 unspecified atom stereocenters. The highest BCUT2D eigenvalue weighted by Crippen LogP contribution is 2.36. The molecule has 3 heteroatoms. The molecular weight excluding hydrogens is 322 g/mol. The van der Waals surface area contributed by atoms with Crippen LogP contribution in [0.5, 0.6) is 5.75 Å². The molecular formula is C23H21NO2. The summed E-state index contributed by atoms with van der Waals surface area (Å²) in [4.78, 5) is 15.5. The van der Waals surface area contributed by atoms with Crippen molar-refractivity contribution < 1.29 is 9.53 Å². The van der Waals surface area contributed by atoms with Crippen LogP contribution in [0.25, 0.3) is 0 Å². The Labute approximate surface area is 153 Å². The molecule has 0 bridgehead atoms. The summed E-state index contributed by atoms with van der Waals surface area (Å²) in [6.45, 7) is 2.54. The van der Waals surface area contributed by atoms with Crippen molar-refractivity contribution in [3.05, 3.63) is 96.1 Å². The van der Waals surface area contributed by atoms with E-state index in [0.29, 0.717) is 6.54 Å². The monoisotopic (exact) mass is 343 g/mol. The van der Waals surface area contributed by atoms with Crippen LogP contribution in [0.15, 0.2) is 84.9 Å². The van der Waals surface area contributed by atoms with E-state index in [-0.39, 0.29) is 17.9 Å². The number of fused-ring (bicyclic) bond motifs is 1. The number of carbonyl (C=O) groups is 1. The average molecular weight is 343 g/mol. The second-order valence-corrected chi connectivity index (χ2v) is 6.60. The Kier molecular flexibility index (Phi) is 4.44. The van der Waals surface area contributed by atoms with E-state index >= 15 is 0 Å². The fourth-order valence-electron chi connectivity index (χ4n) is 3.52. The zero-order chi connectivity index (χ0) is 17.9. The van der Waals surface area contributed by atoms with Crippen LogP contribution in [0.3, 0.4) is 0 Å². The van der Waals surface area contributed by atoms with E-state index in [1.54, 1.807) is 0 Å². The maximum Gasteiger partial charge on any atom is 0.239 e. The summed E-state index contributed by atoms with van der Waals surface area (Å²) in [5, 5.41) is 0. The average Bonchev–Trinajstić information content (AvgIpc) is 2.69. The van der Waals surface area contributed by atoms with Crippen LogP contribution >= 0.6 is 0 Å². The highest BCUT2D eigenvalue weighted by Gasteiger charge is 2.33. The third-order valence-corrected chi connectivity index (χ3v) is 4.70. The lowest BCUT2D eigenvalue weighted by Crippen LogP contribution is -2.44. The van der Waals surface area contributed by atoms with E-state index in [9.17, 15) is 4.79 Å². The fraction of sp³-hybridized carbons (Fsp3) is 0.174. The minimum atomic E-state index is -0.337. The number of anilines is 1. The van der Waals surface area contributed by atoms with Crippen LogP contribution in [-0.4, -0.2) is 18.6 Å².